The van der Waals surface area contributed by atoms with Gasteiger partial charge < -0.3 is 5.32 Å². The number of nitrogens with zero attached hydrogens (tertiary/aromatic N) is 2. The first-order valence-electron chi connectivity index (χ1n) is 7.07. The summed E-state index contributed by atoms with van der Waals surface area (Å²) in [6, 6.07) is 0. The van der Waals surface area contributed by atoms with E-state index >= 15 is 0 Å². The lowest BCUT2D eigenvalue weighted by atomic mass is 10.1. The number of nitrogens with one attached hydrogen (secondary N) is 2. The second kappa shape index (κ2) is 6.99. The summed E-state index contributed by atoms with van der Waals surface area (Å²) in [6.45, 7) is 1.14. The summed E-state index contributed by atoms with van der Waals surface area (Å²) >= 11 is 0. The molecule has 1 aliphatic rings. The molecule has 0 saturated carbocycles. The largest absolute Gasteiger partial charge is 0.370 e. The van der Waals surface area contributed by atoms with Crippen LogP contribution in [0.3, 0.4) is 0 Å². The summed E-state index contributed by atoms with van der Waals surface area (Å²) in [6.07, 6.45) is 9.20. The highest BCUT2D eigenvalue weighted by Crippen LogP contribution is 2.23. The lowest BCUT2D eigenvalue weighted by Crippen LogP contribution is -2.24. The van der Waals surface area contributed by atoms with Crippen LogP contribution >= 0.6 is 0 Å². The summed E-state index contributed by atoms with van der Waals surface area (Å²) in [5, 5.41) is 3.30. The van der Waals surface area contributed by atoms with Crippen molar-refractivity contribution >= 4 is 15.8 Å². The van der Waals surface area contributed by atoms with Gasteiger partial charge in [0.2, 0.25) is 10.0 Å². The monoisotopic (exact) mass is 298 g/mol. The maximum Gasteiger partial charge on any atom is 0.208 e. The van der Waals surface area contributed by atoms with Gasteiger partial charge in [0.1, 0.15) is 12.1 Å². The zero-order chi connectivity index (χ0) is 14.4. The topological polar surface area (TPSA) is 84.0 Å². The summed E-state index contributed by atoms with van der Waals surface area (Å²) in [5.74, 6) is 0.913. The van der Waals surface area contributed by atoms with E-state index in [0.29, 0.717) is 13.1 Å². The smallest absolute Gasteiger partial charge is 0.208 e. The first-order valence-corrected chi connectivity index (χ1v) is 8.96. The van der Waals surface area contributed by atoms with E-state index < -0.39 is 10.0 Å². The zero-order valence-corrected chi connectivity index (χ0v) is 12.7. The van der Waals surface area contributed by atoms with E-state index in [1.807, 2.05) is 0 Å². The van der Waals surface area contributed by atoms with E-state index in [1.54, 1.807) is 6.33 Å². The van der Waals surface area contributed by atoms with E-state index in [2.05, 4.69) is 20.0 Å². The summed E-state index contributed by atoms with van der Waals surface area (Å²) in [4.78, 5) is 8.69. The molecule has 1 heterocycles. The van der Waals surface area contributed by atoms with Crippen LogP contribution in [0, 0.1) is 0 Å². The highest BCUT2D eigenvalue weighted by atomic mass is 32.2. The predicted molar refractivity (Wildman–Crippen MR) is 79.2 cm³/mol. The lowest BCUT2D eigenvalue weighted by Gasteiger charge is -2.12. The maximum atomic E-state index is 10.9. The van der Waals surface area contributed by atoms with E-state index in [1.165, 1.54) is 31.1 Å². The van der Waals surface area contributed by atoms with Gasteiger partial charge in [-0.3, -0.25) is 0 Å². The van der Waals surface area contributed by atoms with E-state index in [9.17, 15) is 8.42 Å². The Morgan fingerprint density at radius 3 is 2.75 bits per heavy atom. The number of sulfonamides is 1. The Morgan fingerprint density at radius 1 is 1.15 bits per heavy atom. The quantitative estimate of drug-likeness (QED) is 0.607. The second-order valence-electron chi connectivity index (χ2n) is 5.16. The molecule has 0 radical (unpaired) electrons. The standard InChI is InChI=1S/C13H22N4O2S/c1-20(18,19)17-9-5-8-14-13-11-6-3-2-4-7-12(11)15-10-16-13/h10,17H,2-9H2,1H3,(H,14,15,16). The van der Waals surface area contributed by atoms with Crippen molar-refractivity contribution in [2.75, 3.05) is 24.7 Å². The Morgan fingerprint density at radius 2 is 1.95 bits per heavy atom. The molecule has 0 aromatic carbocycles. The van der Waals surface area contributed by atoms with Gasteiger partial charge in [-0.2, -0.15) is 0 Å². The van der Waals surface area contributed by atoms with Crippen LogP contribution in [0.15, 0.2) is 6.33 Å². The van der Waals surface area contributed by atoms with Gasteiger partial charge >= 0.3 is 0 Å². The normalized spacial score (nSPS) is 15.4. The molecule has 1 aliphatic carbocycles. The molecule has 112 valence electrons. The van der Waals surface area contributed by atoms with Crippen molar-refractivity contribution in [3.8, 4) is 0 Å². The number of aryl methyl sites for hydroxylation is 1. The van der Waals surface area contributed by atoms with Gasteiger partial charge in [-0.15, -0.1) is 0 Å². The number of fused-ring (bicyclic) bond motifs is 1. The molecule has 6 nitrogen and oxygen atoms in total. The summed E-state index contributed by atoms with van der Waals surface area (Å²) < 4.78 is 24.4. The molecule has 0 amide bonds. The molecule has 1 aromatic heterocycles. The number of anilines is 1. The Kier molecular flexibility index (Phi) is 5.31. The van der Waals surface area contributed by atoms with Crippen molar-refractivity contribution in [1.82, 2.24) is 14.7 Å². The highest BCUT2D eigenvalue weighted by Gasteiger charge is 2.13. The Bertz CT molecular complexity index is 545. The molecule has 2 rings (SSSR count). The van der Waals surface area contributed by atoms with E-state index in [-0.39, 0.29) is 0 Å². The molecule has 0 saturated heterocycles. The van der Waals surface area contributed by atoms with Crippen LogP contribution in [0.25, 0.3) is 0 Å². The van der Waals surface area contributed by atoms with Crippen molar-refractivity contribution in [3.05, 3.63) is 17.6 Å². The van der Waals surface area contributed by atoms with Crippen molar-refractivity contribution < 1.29 is 8.42 Å². The fourth-order valence-electron chi connectivity index (χ4n) is 2.40. The van der Waals surface area contributed by atoms with E-state index in [4.69, 9.17) is 0 Å². The summed E-state index contributed by atoms with van der Waals surface area (Å²) in [7, 11) is -3.09. The van der Waals surface area contributed by atoms with Gasteiger partial charge in [-0.25, -0.2) is 23.1 Å². The minimum Gasteiger partial charge on any atom is -0.370 e. The van der Waals surface area contributed by atoms with Crippen molar-refractivity contribution in [1.29, 1.82) is 0 Å². The van der Waals surface area contributed by atoms with Crippen LogP contribution in [0.2, 0.25) is 0 Å². The molecule has 0 atom stereocenters. The van der Waals surface area contributed by atoms with Gasteiger partial charge in [-0.1, -0.05) is 6.42 Å². The fraction of sp³-hybridized carbons (Fsp3) is 0.692. The Balaban J connectivity index is 1.87. The van der Waals surface area contributed by atoms with Crippen LogP contribution in [-0.2, 0) is 22.9 Å². The van der Waals surface area contributed by atoms with E-state index in [0.717, 1.165) is 30.8 Å². The molecular formula is C13H22N4O2S. The van der Waals surface area contributed by atoms with Gasteiger partial charge in [-0.05, 0) is 32.1 Å². The first-order chi connectivity index (χ1) is 9.56. The van der Waals surface area contributed by atoms with Gasteiger partial charge in [0.25, 0.3) is 0 Å². The molecule has 2 N–H and O–H groups in total. The minimum atomic E-state index is -3.09. The molecule has 0 unspecified atom stereocenters. The molecule has 20 heavy (non-hydrogen) atoms. The first kappa shape index (κ1) is 15.2. The third kappa shape index (κ3) is 4.72. The lowest BCUT2D eigenvalue weighted by molar-refractivity contribution is 0.586. The van der Waals surface area contributed by atoms with Crippen molar-refractivity contribution in [2.24, 2.45) is 0 Å². The van der Waals surface area contributed by atoms with Gasteiger partial charge in [0.15, 0.2) is 0 Å². The van der Waals surface area contributed by atoms with Crippen LogP contribution < -0.4 is 10.0 Å². The number of hydrogen-bond donors (Lipinski definition) is 2. The number of rotatable bonds is 6. The molecule has 0 bridgehead atoms. The number of aromatic nitrogens is 2. The highest BCUT2D eigenvalue weighted by molar-refractivity contribution is 7.88. The third-order valence-corrected chi connectivity index (χ3v) is 4.11. The third-order valence-electron chi connectivity index (χ3n) is 3.39. The second-order valence-corrected chi connectivity index (χ2v) is 6.99. The Hall–Kier alpha value is -1.21. The SMILES string of the molecule is CS(=O)(=O)NCCCNc1ncnc2c1CCCCC2. The molecule has 7 heteroatoms. The predicted octanol–water partition coefficient (Wildman–Crippen LogP) is 1.10. The van der Waals surface area contributed by atoms with Gasteiger partial charge in [0.05, 0.1) is 6.26 Å². The fourth-order valence-corrected chi connectivity index (χ4v) is 2.92. The molecule has 0 spiro atoms. The summed E-state index contributed by atoms with van der Waals surface area (Å²) in [5.41, 5.74) is 2.40. The molecule has 1 aromatic rings. The minimum absolute atomic E-state index is 0.444. The number of hydrogen-bond acceptors (Lipinski definition) is 5. The maximum absolute atomic E-state index is 10.9. The van der Waals surface area contributed by atoms with Crippen LogP contribution in [0.4, 0.5) is 5.82 Å². The van der Waals surface area contributed by atoms with Gasteiger partial charge in [0, 0.05) is 24.3 Å². The molecule has 0 fully saturated rings. The van der Waals surface area contributed by atoms with Crippen LogP contribution in [-0.4, -0.2) is 37.7 Å². The average molecular weight is 298 g/mol. The van der Waals surface area contributed by atoms with Crippen molar-refractivity contribution in [2.45, 2.75) is 38.5 Å². The Labute approximate surface area is 120 Å². The van der Waals surface area contributed by atoms with Crippen LogP contribution in [0.5, 0.6) is 0 Å². The molecule has 0 aliphatic heterocycles. The van der Waals surface area contributed by atoms with Crippen molar-refractivity contribution in [3.63, 3.8) is 0 Å². The average Bonchev–Trinajstić information content (AvgIpc) is 2.62. The molecular weight excluding hydrogens is 276 g/mol. The van der Waals surface area contributed by atoms with Crippen LogP contribution in [0.1, 0.15) is 36.9 Å². The zero-order valence-electron chi connectivity index (χ0n) is 11.9.